The van der Waals surface area contributed by atoms with Crippen molar-refractivity contribution in [3.05, 3.63) is 108 Å². The van der Waals surface area contributed by atoms with E-state index >= 15 is 0 Å². The SMILES string of the molecule is Cn1ncc(C=CC(=O)Nc2ccc(C(O)c3ccccn3)cc2)c1-c1ccc(F)cc1. The van der Waals surface area contributed by atoms with E-state index in [1.54, 1.807) is 78.7 Å². The van der Waals surface area contributed by atoms with Crippen molar-refractivity contribution < 1.29 is 14.3 Å². The predicted octanol–water partition coefficient (Wildman–Crippen LogP) is 4.35. The van der Waals surface area contributed by atoms with E-state index in [9.17, 15) is 14.3 Å². The van der Waals surface area contributed by atoms with Crippen molar-refractivity contribution in [1.82, 2.24) is 14.8 Å². The van der Waals surface area contributed by atoms with Gasteiger partial charge in [0, 0.05) is 36.1 Å². The van der Waals surface area contributed by atoms with Crippen LogP contribution in [-0.2, 0) is 11.8 Å². The number of aryl methyl sites for hydroxylation is 1. The molecule has 0 fully saturated rings. The molecule has 1 atom stereocenters. The Morgan fingerprint density at radius 1 is 1.09 bits per heavy atom. The van der Waals surface area contributed by atoms with Crippen LogP contribution in [0.1, 0.15) is 22.9 Å². The molecule has 7 heteroatoms. The molecule has 2 heterocycles. The first kappa shape index (κ1) is 21.1. The van der Waals surface area contributed by atoms with Crippen LogP contribution in [0.3, 0.4) is 0 Å². The smallest absolute Gasteiger partial charge is 0.248 e. The molecule has 32 heavy (non-hydrogen) atoms. The standard InChI is InChI=1S/C25H21FN4O2/c1-30-24(17-5-10-20(26)11-6-17)19(16-28-30)9-14-23(31)29-21-12-7-18(8-13-21)25(32)22-4-2-3-15-27-22/h2-16,25,32H,1H3,(H,29,31). The van der Waals surface area contributed by atoms with Crippen molar-refractivity contribution >= 4 is 17.7 Å². The largest absolute Gasteiger partial charge is 0.382 e. The zero-order chi connectivity index (χ0) is 22.5. The third-order valence-electron chi connectivity index (χ3n) is 4.96. The second-order valence-corrected chi connectivity index (χ2v) is 7.18. The van der Waals surface area contributed by atoms with Crippen LogP contribution in [0.15, 0.2) is 85.2 Å². The van der Waals surface area contributed by atoms with Crippen LogP contribution in [0.2, 0.25) is 0 Å². The lowest BCUT2D eigenvalue weighted by molar-refractivity contribution is -0.111. The lowest BCUT2D eigenvalue weighted by Gasteiger charge is -2.11. The molecule has 0 bridgehead atoms. The fourth-order valence-electron chi connectivity index (χ4n) is 3.34. The maximum Gasteiger partial charge on any atom is 0.248 e. The molecule has 2 aromatic heterocycles. The van der Waals surface area contributed by atoms with Gasteiger partial charge in [-0.15, -0.1) is 0 Å². The topological polar surface area (TPSA) is 80.0 Å². The molecule has 4 rings (SSSR count). The molecule has 0 aliphatic carbocycles. The molecule has 0 saturated heterocycles. The van der Waals surface area contributed by atoms with Gasteiger partial charge in [0.1, 0.15) is 11.9 Å². The van der Waals surface area contributed by atoms with Crippen molar-refractivity contribution in [2.75, 3.05) is 5.32 Å². The molecule has 0 saturated carbocycles. The second kappa shape index (κ2) is 9.36. The highest BCUT2D eigenvalue weighted by Crippen LogP contribution is 2.25. The quantitative estimate of drug-likeness (QED) is 0.448. The number of carbonyl (C=O) groups is 1. The molecular formula is C25H21FN4O2. The Hall–Kier alpha value is -4.10. The lowest BCUT2D eigenvalue weighted by Crippen LogP contribution is -2.08. The summed E-state index contributed by atoms with van der Waals surface area (Å²) in [6.45, 7) is 0. The number of hydrogen-bond donors (Lipinski definition) is 2. The van der Waals surface area contributed by atoms with Crippen molar-refractivity contribution in [1.29, 1.82) is 0 Å². The number of benzene rings is 2. The van der Waals surface area contributed by atoms with Crippen molar-refractivity contribution in [3.8, 4) is 11.3 Å². The highest BCUT2D eigenvalue weighted by atomic mass is 19.1. The van der Waals surface area contributed by atoms with Gasteiger partial charge in [-0.1, -0.05) is 18.2 Å². The number of aliphatic hydroxyl groups excluding tert-OH is 1. The minimum Gasteiger partial charge on any atom is -0.382 e. The molecule has 2 N–H and O–H groups in total. The third kappa shape index (κ3) is 4.79. The Labute approximate surface area is 184 Å². The molecule has 4 aromatic rings. The fourth-order valence-corrected chi connectivity index (χ4v) is 3.34. The molecule has 0 aliphatic rings. The molecule has 0 aliphatic heterocycles. The molecule has 160 valence electrons. The molecule has 2 aromatic carbocycles. The van der Waals surface area contributed by atoms with Crippen LogP contribution in [0.5, 0.6) is 0 Å². The summed E-state index contributed by atoms with van der Waals surface area (Å²) in [5.74, 6) is -0.622. The second-order valence-electron chi connectivity index (χ2n) is 7.18. The summed E-state index contributed by atoms with van der Waals surface area (Å²) < 4.78 is 14.9. The van der Waals surface area contributed by atoms with E-state index in [1.807, 2.05) is 6.07 Å². The number of rotatable bonds is 6. The van der Waals surface area contributed by atoms with Gasteiger partial charge in [-0.3, -0.25) is 14.5 Å². The average molecular weight is 428 g/mol. The van der Waals surface area contributed by atoms with Gasteiger partial charge in [-0.05, 0) is 60.2 Å². The number of hydrogen-bond acceptors (Lipinski definition) is 4. The summed E-state index contributed by atoms with van der Waals surface area (Å²) in [4.78, 5) is 16.6. The first-order valence-electron chi connectivity index (χ1n) is 9.97. The number of aliphatic hydroxyl groups is 1. The van der Waals surface area contributed by atoms with Crippen LogP contribution in [0, 0.1) is 5.82 Å². The van der Waals surface area contributed by atoms with Gasteiger partial charge in [0.15, 0.2) is 0 Å². The number of carbonyl (C=O) groups excluding carboxylic acids is 1. The Morgan fingerprint density at radius 3 is 2.53 bits per heavy atom. The summed E-state index contributed by atoms with van der Waals surface area (Å²) in [6.07, 6.45) is 5.52. The van der Waals surface area contributed by atoms with Crippen molar-refractivity contribution in [3.63, 3.8) is 0 Å². The van der Waals surface area contributed by atoms with Gasteiger partial charge in [0.25, 0.3) is 0 Å². The Balaban J connectivity index is 1.44. The van der Waals surface area contributed by atoms with E-state index in [0.29, 0.717) is 16.9 Å². The van der Waals surface area contributed by atoms with E-state index in [2.05, 4.69) is 15.4 Å². The monoisotopic (exact) mass is 428 g/mol. The summed E-state index contributed by atoms with van der Waals surface area (Å²) in [5, 5.41) is 17.5. The van der Waals surface area contributed by atoms with Crippen LogP contribution in [0.4, 0.5) is 10.1 Å². The van der Waals surface area contributed by atoms with E-state index in [-0.39, 0.29) is 11.7 Å². The third-order valence-corrected chi connectivity index (χ3v) is 4.96. The summed E-state index contributed by atoms with van der Waals surface area (Å²) in [7, 11) is 1.79. The zero-order valence-corrected chi connectivity index (χ0v) is 17.3. The maximum absolute atomic E-state index is 13.2. The van der Waals surface area contributed by atoms with E-state index in [1.165, 1.54) is 18.2 Å². The molecule has 6 nitrogen and oxygen atoms in total. The maximum atomic E-state index is 13.2. The van der Waals surface area contributed by atoms with Gasteiger partial charge >= 0.3 is 0 Å². The number of anilines is 1. The van der Waals surface area contributed by atoms with E-state index in [0.717, 1.165) is 16.8 Å². The van der Waals surface area contributed by atoms with Gasteiger partial charge < -0.3 is 10.4 Å². The molecule has 0 spiro atoms. The van der Waals surface area contributed by atoms with Gasteiger partial charge in [0.05, 0.1) is 17.6 Å². The number of nitrogens with zero attached hydrogens (tertiary/aromatic N) is 3. The summed E-state index contributed by atoms with van der Waals surface area (Å²) in [5.41, 5.74) is 4.15. The van der Waals surface area contributed by atoms with E-state index < -0.39 is 6.10 Å². The summed E-state index contributed by atoms with van der Waals surface area (Å²) in [6, 6.07) is 18.4. The predicted molar refractivity (Wildman–Crippen MR) is 121 cm³/mol. The first-order chi connectivity index (χ1) is 15.5. The zero-order valence-electron chi connectivity index (χ0n) is 17.3. The fraction of sp³-hybridized carbons (Fsp3) is 0.0800. The minimum atomic E-state index is -0.837. The Bertz CT molecular complexity index is 1230. The number of halogens is 1. The first-order valence-corrected chi connectivity index (χ1v) is 9.97. The van der Waals surface area contributed by atoms with Gasteiger partial charge in [-0.25, -0.2) is 4.39 Å². The molecule has 1 amide bonds. The van der Waals surface area contributed by atoms with Gasteiger partial charge in [0.2, 0.25) is 5.91 Å². The number of nitrogens with one attached hydrogen (secondary N) is 1. The van der Waals surface area contributed by atoms with Crippen molar-refractivity contribution in [2.24, 2.45) is 7.05 Å². The highest BCUT2D eigenvalue weighted by molar-refractivity contribution is 6.02. The molecule has 0 radical (unpaired) electrons. The van der Waals surface area contributed by atoms with Crippen LogP contribution in [0.25, 0.3) is 17.3 Å². The summed E-state index contributed by atoms with van der Waals surface area (Å²) >= 11 is 0. The Kier molecular flexibility index (Phi) is 6.19. The normalized spacial score (nSPS) is 12.1. The molecule has 1 unspecified atom stereocenters. The van der Waals surface area contributed by atoms with Crippen LogP contribution >= 0.6 is 0 Å². The lowest BCUT2D eigenvalue weighted by atomic mass is 10.1. The average Bonchev–Trinajstić information content (AvgIpc) is 3.19. The van der Waals surface area contributed by atoms with Crippen LogP contribution in [-0.4, -0.2) is 25.8 Å². The van der Waals surface area contributed by atoms with Crippen LogP contribution < -0.4 is 5.32 Å². The number of pyridine rings is 1. The van der Waals surface area contributed by atoms with Crippen molar-refractivity contribution in [2.45, 2.75) is 6.10 Å². The highest BCUT2D eigenvalue weighted by Gasteiger charge is 2.12. The Morgan fingerprint density at radius 2 is 1.84 bits per heavy atom. The number of aromatic nitrogens is 3. The van der Waals surface area contributed by atoms with E-state index in [4.69, 9.17) is 0 Å². The molecular weight excluding hydrogens is 407 g/mol. The van der Waals surface area contributed by atoms with Gasteiger partial charge in [-0.2, -0.15) is 5.10 Å². The number of amides is 1. The minimum absolute atomic E-state index is 0.308.